The second-order valence-corrected chi connectivity index (χ2v) is 7.63. The van der Waals surface area contributed by atoms with Crippen LogP contribution in [0, 0.1) is 12.7 Å². The normalized spacial score (nSPS) is 15.6. The first-order valence-electron chi connectivity index (χ1n) is 10.1. The third kappa shape index (κ3) is 3.59. The molecule has 0 radical (unpaired) electrons. The topological polar surface area (TPSA) is 96.7 Å². The molecule has 0 fully saturated rings. The van der Waals surface area contributed by atoms with Crippen molar-refractivity contribution in [2.24, 2.45) is 0 Å². The zero-order valence-electron chi connectivity index (χ0n) is 17.3. The Hall–Kier alpha value is -3.53. The van der Waals surface area contributed by atoms with Crippen molar-refractivity contribution < 1.29 is 13.9 Å². The molecule has 9 nitrogen and oxygen atoms in total. The van der Waals surface area contributed by atoms with E-state index >= 15 is 0 Å². The van der Waals surface area contributed by atoms with Crippen LogP contribution in [-0.4, -0.2) is 58.0 Å². The fourth-order valence-corrected chi connectivity index (χ4v) is 3.97. The van der Waals surface area contributed by atoms with Crippen LogP contribution in [0.2, 0.25) is 0 Å². The summed E-state index contributed by atoms with van der Waals surface area (Å²) in [6, 6.07) is 1.24. The van der Waals surface area contributed by atoms with Crippen molar-refractivity contribution >= 4 is 23.2 Å². The van der Waals surface area contributed by atoms with Crippen LogP contribution in [0.5, 0.6) is 5.88 Å². The lowest BCUT2D eigenvalue weighted by Crippen LogP contribution is -2.28. The Morgan fingerprint density at radius 3 is 2.77 bits per heavy atom. The van der Waals surface area contributed by atoms with Crippen LogP contribution in [0.3, 0.4) is 0 Å². The monoisotopic (exact) mass is 423 g/mol. The molecule has 0 unspecified atom stereocenters. The van der Waals surface area contributed by atoms with Gasteiger partial charge in [-0.3, -0.25) is 4.79 Å². The van der Waals surface area contributed by atoms with Crippen LogP contribution in [-0.2, 0) is 0 Å². The Bertz CT molecular complexity index is 1200. The quantitative estimate of drug-likeness (QED) is 0.606. The Kier molecular flexibility index (Phi) is 4.78. The molecular formula is C21H22FN7O2. The van der Waals surface area contributed by atoms with Gasteiger partial charge in [0.1, 0.15) is 5.56 Å². The number of imidazole rings is 1. The predicted octanol–water partition coefficient (Wildman–Crippen LogP) is 1.94. The number of aryl methyl sites for hydroxylation is 1. The molecule has 0 bridgehead atoms. The van der Waals surface area contributed by atoms with Gasteiger partial charge in [-0.05, 0) is 25.0 Å². The van der Waals surface area contributed by atoms with Crippen molar-refractivity contribution in [3.8, 4) is 5.88 Å². The van der Waals surface area contributed by atoms with E-state index in [1.807, 2.05) is 6.92 Å². The number of hydrogen-bond acceptors (Lipinski definition) is 7. The van der Waals surface area contributed by atoms with Crippen LogP contribution >= 0.6 is 0 Å². The molecule has 0 saturated carbocycles. The van der Waals surface area contributed by atoms with E-state index < -0.39 is 11.7 Å². The molecule has 31 heavy (non-hydrogen) atoms. The van der Waals surface area contributed by atoms with Gasteiger partial charge in [-0.1, -0.05) is 0 Å². The highest BCUT2D eigenvalue weighted by atomic mass is 19.1. The number of fused-ring (bicyclic) bond motifs is 1. The molecule has 5 heterocycles. The number of aromatic nitrogens is 4. The Balaban J connectivity index is 1.39. The molecule has 3 aromatic heterocycles. The first-order valence-corrected chi connectivity index (χ1v) is 10.1. The largest absolute Gasteiger partial charge is 0.477 e. The van der Waals surface area contributed by atoms with E-state index in [2.05, 4.69) is 30.5 Å². The van der Waals surface area contributed by atoms with Crippen molar-refractivity contribution in [1.29, 1.82) is 0 Å². The molecule has 0 atom stereocenters. The van der Waals surface area contributed by atoms with Gasteiger partial charge in [0.05, 0.1) is 18.0 Å². The standard InChI is InChI=1S/C21H22FN7O2/c1-3-31-20-16(7-24-21(27-20)29-9-13-5-23-6-14(13)10-29)19(30)26-15-4-17(22)18-25-12(2)8-28(18)11-15/h4,7-8,11,23H,3,5-6,9-10H2,1-2H3,(H,26,30). The highest BCUT2D eigenvalue weighted by Crippen LogP contribution is 2.27. The lowest BCUT2D eigenvalue weighted by Gasteiger charge is -2.19. The van der Waals surface area contributed by atoms with E-state index in [0.29, 0.717) is 23.9 Å². The third-order valence-corrected chi connectivity index (χ3v) is 5.37. The first kappa shape index (κ1) is 19.4. The van der Waals surface area contributed by atoms with Gasteiger partial charge in [-0.2, -0.15) is 4.98 Å². The molecule has 2 aliphatic heterocycles. The van der Waals surface area contributed by atoms with E-state index in [4.69, 9.17) is 4.74 Å². The lowest BCUT2D eigenvalue weighted by atomic mass is 10.2. The van der Waals surface area contributed by atoms with E-state index in [9.17, 15) is 9.18 Å². The summed E-state index contributed by atoms with van der Waals surface area (Å²) in [5, 5.41) is 6.04. The van der Waals surface area contributed by atoms with Crippen molar-refractivity contribution in [3.05, 3.63) is 52.9 Å². The summed E-state index contributed by atoms with van der Waals surface area (Å²) in [6.45, 7) is 7.27. The molecule has 2 aliphatic rings. The minimum absolute atomic E-state index is 0.189. The molecule has 3 aromatic rings. The van der Waals surface area contributed by atoms with Crippen molar-refractivity contribution in [1.82, 2.24) is 24.7 Å². The number of anilines is 2. The molecule has 0 aromatic carbocycles. The van der Waals surface area contributed by atoms with Gasteiger partial charge in [0.15, 0.2) is 11.5 Å². The molecule has 0 spiro atoms. The van der Waals surface area contributed by atoms with Crippen LogP contribution in [0.15, 0.2) is 35.8 Å². The van der Waals surface area contributed by atoms with Gasteiger partial charge >= 0.3 is 0 Å². The van der Waals surface area contributed by atoms with Crippen LogP contribution in [0.25, 0.3) is 5.65 Å². The molecule has 1 amide bonds. The summed E-state index contributed by atoms with van der Waals surface area (Å²) in [5.74, 6) is -0.269. The van der Waals surface area contributed by atoms with E-state index in [1.54, 1.807) is 19.3 Å². The zero-order chi connectivity index (χ0) is 21.5. The average Bonchev–Trinajstić information content (AvgIpc) is 3.42. The zero-order valence-corrected chi connectivity index (χ0v) is 17.3. The third-order valence-electron chi connectivity index (χ3n) is 5.37. The number of halogens is 1. The van der Waals surface area contributed by atoms with Gasteiger partial charge in [0.2, 0.25) is 11.8 Å². The summed E-state index contributed by atoms with van der Waals surface area (Å²) in [6.07, 6.45) is 4.76. The Morgan fingerprint density at radius 1 is 1.26 bits per heavy atom. The number of hydrogen-bond donors (Lipinski definition) is 2. The number of carbonyl (C=O) groups excluding carboxylic acids is 1. The lowest BCUT2D eigenvalue weighted by molar-refractivity contribution is 0.102. The van der Waals surface area contributed by atoms with Gasteiger partial charge in [0, 0.05) is 50.8 Å². The number of ether oxygens (including phenoxy) is 1. The maximum Gasteiger partial charge on any atom is 0.262 e. The fraction of sp³-hybridized carbons (Fsp3) is 0.333. The van der Waals surface area contributed by atoms with Crippen molar-refractivity contribution in [2.45, 2.75) is 13.8 Å². The summed E-state index contributed by atoms with van der Waals surface area (Å²) < 4.78 is 21.5. The molecule has 0 saturated heterocycles. The number of nitrogens with zero attached hydrogens (tertiary/aromatic N) is 5. The minimum Gasteiger partial charge on any atom is -0.477 e. The van der Waals surface area contributed by atoms with Crippen LogP contribution < -0.4 is 20.3 Å². The average molecular weight is 423 g/mol. The Morgan fingerprint density at radius 2 is 2.03 bits per heavy atom. The van der Waals surface area contributed by atoms with Crippen molar-refractivity contribution in [3.63, 3.8) is 0 Å². The van der Waals surface area contributed by atoms with E-state index in [0.717, 1.165) is 26.2 Å². The minimum atomic E-state index is -0.522. The predicted molar refractivity (Wildman–Crippen MR) is 113 cm³/mol. The number of carbonyl (C=O) groups is 1. The van der Waals surface area contributed by atoms with E-state index in [-0.39, 0.29) is 17.1 Å². The maximum atomic E-state index is 14.3. The summed E-state index contributed by atoms with van der Waals surface area (Å²) in [5.41, 5.74) is 4.12. The van der Waals surface area contributed by atoms with E-state index in [1.165, 1.54) is 27.8 Å². The van der Waals surface area contributed by atoms with Crippen molar-refractivity contribution in [2.75, 3.05) is 43.0 Å². The SMILES string of the molecule is CCOc1nc(N2CC3=C(CNC3)C2)ncc1C(=O)Nc1cc(F)c2nc(C)cn2c1. The second-order valence-electron chi connectivity index (χ2n) is 7.63. The molecule has 5 rings (SSSR count). The number of amides is 1. The molecule has 160 valence electrons. The van der Waals surface area contributed by atoms with Gasteiger partial charge in [-0.15, -0.1) is 0 Å². The fourth-order valence-electron chi connectivity index (χ4n) is 3.97. The van der Waals surface area contributed by atoms with Crippen LogP contribution in [0.4, 0.5) is 16.0 Å². The maximum absolute atomic E-state index is 14.3. The molecule has 10 heteroatoms. The van der Waals surface area contributed by atoms with Crippen LogP contribution in [0.1, 0.15) is 23.0 Å². The van der Waals surface area contributed by atoms with Gasteiger partial charge in [0.25, 0.3) is 5.91 Å². The summed E-state index contributed by atoms with van der Waals surface area (Å²) >= 11 is 0. The van der Waals surface area contributed by atoms with Gasteiger partial charge < -0.3 is 24.7 Å². The Labute approximate surface area is 178 Å². The molecule has 0 aliphatic carbocycles. The molecular weight excluding hydrogens is 401 g/mol. The second kappa shape index (κ2) is 7.62. The highest BCUT2D eigenvalue weighted by Gasteiger charge is 2.28. The first-order chi connectivity index (χ1) is 15.0. The smallest absolute Gasteiger partial charge is 0.262 e. The highest BCUT2D eigenvalue weighted by molar-refractivity contribution is 6.05. The number of nitrogens with one attached hydrogen (secondary N) is 2. The van der Waals surface area contributed by atoms with Gasteiger partial charge in [-0.25, -0.2) is 14.4 Å². The number of rotatable bonds is 5. The summed E-state index contributed by atoms with van der Waals surface area (Å²) in [7, 11) is 0. The molecule has 2 N–H and O–H groups in total. The number of pyridine rings is 1. The summed E-state index contributed by atoms with van der Waals surface area (Å²) in [4.78, 5) is 28.0.